The van der Waals surface area contributed by atoms with Crippen molar-refractivity contribution < 1.29 is 19.5 Å². The van der Waals surface area contributed by atoms with E-state index >= 15 is 0 Å². The quantitative estimate of drug-likeness (QED) is 0.609. The van der Waals surface area contributed by atoms with Crippen molar-refractivity contribution in [2.24, 2.45) is 5.92 Å². The summed E-state index contributed by atoms with van der Waals surface area (Å²) in [4.78, 5) is 32.9. The lowest BCUT2D eigenvalue weighted by Crippen LogP contribution is -2.42. The predicted molar refractivity (Wildman–Crippen MR) is 64.8 cm³/mol. The highest BCUT2D eigenvalue weighted by Gasteiger charge is 2.26. The summed E-state index contributed by atoms with van der Waals surface area (Å²) in [5, 5.41) is 13.9. The number of carbonyl (C=O) groups is 3. The molecule has 0 aromatic rings. The summed E-state index contributed by atoms with van der Waals surface area (Å²) in [6.45, 7) is 2.48. The van der Waals surface area contributed by atoms with Crippen LogP contribution in [-0.2, 0) is 14.4 Å². The van der Waals surface area contributed by atoms with Gasteiger partial charge in [-0.3, -0.25) is 14.4 Å². The number of hydrogen-bond donors (Lipinski definition) is 3. The van der Waals surface area contributed by atoms with Gasteiger partial charge in [-0.25, -0.2) is 0 Å². The molecule has 1 rings (SSSR count). The molecule has 0 radical (unpaired) electrons. The average Bonchev–Trinajstić information content (AvgIpc) is 2.73. The zero-order valence-electron chi connectivity index (χ0n) is 10.6. The van der Waals surface area contributed by atoms with E-state index in [1.165, 1.54) is 0 Å². The molecule has 1 aliphatic heterocycles. The molecule has 0 aromatic heterocycles. The van der Waals surface area contributed by atoms with Gasteiger partial charge < -0.3 is 15.7 Å². The molecule has 1 unspecified atom stereocenters. The maximum atomic E-state index is 11.6. The van der Waals surface area contributed by atoms with E-state index in [1.54, 1.807) is 0 Å². The zero-order valence-corrected chi connectivity index (χ0v) is 10.6. The SMILES string of the molecule is CC(CCNC(=O)[C@H]1CCC(=O)N1)CCC(=O)O. The minimum absolute atomic E-state index is 0.0787. The van der Waals surface area contributed by atoms with E-state index in [0.717, 1.165) is 6.42 Å². The number of carboxylic acids is 1. The first-order chi connectivity index (χ1) is 8.49. The predicted octanol–water partition coefficient (Wildman–Crippen LogP) is 0.272. The second kappa shape index (κ2) is 6.98. The van der Waals surface area contributed by atoms with E-state index in [-0.39, 0.29) is 24.2 Å². The van der Waals surface area contributed by atoms with Gasteiger partial charge in [-0.05, 0) is 25.2 Å². The van der Waals surface area contributed by atoms with Crippen LogP contribution >= 0.6 is 0 Å². The number of carbonyl (C=O) groups excluding carboxylic acids is 2. The van der Waals surface area contributed by atoms with Crippen molar-refractivity contribution >= 4 is 17.8 Å². The number of hydrogen-bond acceptors (Lipinski definition) is 3. The van der Waals surface area contributed by atoms with Gasteiger partial charge in [0.1, 0.15) is 6.04 Å². The lowest BCUT2D eigenvalue weighted by molar-refractivity contribution is -0.137. The highest BCUT2D eigenvalue weighted by Crippen LogP contribution is 2.10. The van der Waals surface area contributed by atoms with Crippen LogP contribution < -0.4 is 10.6 Å². The normalized spacial score (nSPS) is 20.3. The molecule has 3 N–H and O–H groups in total. The summed E-state index contributed by atoms with van der Waals surface area (Å²) >= 11 is 0. The van der Waals surface area contributed by atoms with Crippen molar-refractivity contribution in [2.75, 3.05) is 6.54 Å². The van der Waals surface area contributed by atoms with Crippen LogP contribution in [0.5, 0.6) is 0 Å². The van der Waals surface area contributed by atoms with Gasteiger partial charge in [0, 0.05) is 19.4 Å². The summed E-state index contributed by atoms with van der Waals surface area (Å²) in [6.07, 6.45) is 2.49. The summed E-state index contributed by atoms with van der Waals surface area (Å²) < 4.78 is 0. The third-order valence-corrected chi connectivity index (χ3v) is 3.10. The van der Waals surface area contributed by atoms with Crippen LogP contribution in [0.3, 0.4) is 0 Å². The molecule has 1 aliphatic rings. The van der Waals surface area contributed by atoms with E-state index in [9.17, 15) is 14.4 Å². The van der Waals surface area contributed by atoms with Crippen molar-refractivity contribution in [1.29, 1.82) is 0 Å². The van der Waals surface area contributed by atoms with Gasteiger partial charge >= 0.3 is 5.97 Å². The fourth-order valence-corrected chi connectivity index (χ4v) is 1.89. The molecule has 1 heterocycles. The van der Waals surface area contributed by atoms with Crippen LogP contribution in [0.25, 0.3) is 0 Å². The minimum Gasteiger partial charge on any atom is -0.481 e. The fourth-order valence-electron chi connectivity index (χ4n) is 1.89. The minimum atomic E-state index is -0.792. The molecule has 1 saturated heterocycles. The molecule has 2 atom stereocenters. The number of carboxylic acid groups (broad SMARTS) is 1. The largest absolute Gasteiger partial charge is 0.481 e. The van der Waals surface area contributed by atoms with Crippen LogP contribution in [0, 0.1) is 5.92 Å². The van der Waals surface area contributed by atoms with Crippen LogP contribution in [0.15, 0.2) is 0 Å². The Bertz CT molecular complexity index is 330. The summed E-state index contributed by atoms with van der Waals surface area (Å²) in [7, 11) is 0. The number of aliphatic carboxylic acids is 1. The molecular formula is C12H20N2O4. The molecule has 6 nitrogen and oxygen atoms in total. The molecule has 0 bridgehead atoms. The maximum absolute atomic E-state index is 11.6. The van der Waals surface area contributed by atoms with Crippen LogP contribution in [0.4, 0.5) is 0 Å². The standard InChI is InChI=1S/C12H20N2O4/c1-8(2-5-11(16)17)6-7-13-12(18)9-3-4-10(15)14-9/h8-9H,2-7H2,1H3,(H,13,18)(H,14,15)(H,16,17)/t8?,9-/m1/s1. The van der Waals surface area contributed by atoms with E-state index in [1.807, 2.05) is 6.92 Å². The number of rotatable bonds is 7. The van der Waals surface area contributed by atoms with Gasteiger partial charge in [-0.2, -0.15) is 0 Å². The van der Waals surface area contributed by atoms with Gasteiger partial charge in [0.15, 0.2) is 0 Å². The third kappa shape index (κ3) is 5.16. The van der Waals surface area contributed by atoms with Crippen LogP contribution in [-0.4, -0.2) is 35.5 Å². The fraction of sp³-hybridized carbons (Fsp3) is 0.750. The molecule has 18 heavy (non-hydrogen) atoms. The smallest absolute Gasteiger partial charge is 0.303 e. The highest BCUT2D eigenvalue weighted by molar-refractivity contribution is 5.90. The summed E-state index contributed by atoms with van der Waals surface area (Å²) in [5.41, 5.74) is 0. The second-order valence-electron chi connectivity index (χ2n) is 4.78. The Balaban J connectivity index is 2.11. The molecule has 0 spiro atoms. The van der Waals surface area contributed by atoms with Crippen molar-refractivity contribution in [3.8, 4) is 0 Å². The Hall–Kier alpha value is -1.59. The molecule has 0 aromatic carbocycles. The molecule has 102 valence electrons. The molecule has 0 aliphatic carbocycles. The topological polar surface area (TPSA) is 95.5 Å². The second-order valence-corrected chi connectivity index (χ2v) is 4.78. The first kappa shape index (κ1) is 14.5. The zero-order chi connectivity index (χ0) is 13.5. The number of amides is 2. The van der Waals surface area contributed by atoms with Crippen molar-refractivity contribution in [3.63, 3.8) is 0 Å². The van der Waals surface area contributed by atoms with Crippen LogP contribution in [0.2, 0.25) is 0 Å². The lowest BCUT2D eigenvalue weighted by atomic mass is 10.0. The van der Waals surface area contributed by atoms with Crippen LogP contribution in [0.1, 0.15) is 39.0 Å². The Labute approximate surface area is 106 Å². The van der Waals surface area contributed by atoms with E-state index < -0.39 is 12.0 Å². The lowest BCUT2D eigenvalue weighted by Gasteiger charge is -2.13. The van der Waals surface area contributed by atoms with Crippen molar-refractivity contribution in [2.45, 2.75) is 45.1 Å². The Morgan fingerprint density at radius 3 is 2.78 bits per heavy atom. The summed E-state index contributed by atoms with van der Waals surface area (Å²) in [5.74, 6) is -0.754. The Morgan fingerprint density at radius 2 is 2.22 bits per heavy atom. The van der Waals surface area contributed by atoms with Crippen molar-refractivity contribution in [1.82, 2.24) is 10.6 Å². The highest BCUT2D eigenvalue weighted by atomic mass is 16.4. The molecule has 6 heteroatoms. The first-order valence-electron chi connectivity index (χ1n) is 6.28. The third-order valence-electron chi connectivity index (χ3n) is 3.10. The Morgan fingerprint density at radius 1 is 1.50 bits per heavy atom. The molecule has 0 saturated carbocycles. The van der Waals surface area contributed by atoms with Gasteiger partial charge in [-0.1, -0.05) is 6.92 Å². The number of nitrogens with one attached hydrogen (secondary N) is 2. The van der Waals surface area contributed by atoms with E-state index in [2.05, 4.69) is 10.6 Å². The molecular weight excluding hydrogens is 236 g/mol. The van der Waals surface area contributed by atoms with Gasteiger partial charge in [0.05, 0.1) is 0 Å². The molecule has 1 fully saturated rings. The van der Waals surface area contributed by atoms with Gasteiger partial charge in [0.2, 0.25) is 11.8 Å². The maximum Gasteiger partial charge on any atom is 0.303 e. The average molecular weight is 256 g/mol. The Kier molecular flexibility index (Phi) is 5.61. The monoisotopic (exact) mass is 256 g/mol. The van der Waals surface area contributed by atoms with E-state index in [4.69, 9.17) is 5.11 Å². The molecule has 2 amide bonds. The summed E-state index contributed by atoms with van der Waals surface area (Å²) in [6, 6.07) is -0.396. The van der Waals surface area contributed by atoms with Gasteiger partial charge in [-0.15, -0.1) is 0 Å². The first-order valence-corrected chi connectivity index (χ1v) is 6.28. The van der Waals surface area contributed by atoms with Crippen molar-refractivity contribution in [3.05, 3.63) is 0 Å². The van der Waals surface area contributed by atoms with Gasteiger partial charge in [0.25, 0.3) is 0 Å². The van der Waals surface area contributed by atoms with E-state index in [0.29, 0.717) is 25.8 Å².